The predicted octanol–water partition coefficient (Wildman–Crippen LogP) is 2.01. The van der Waals surface area contributed by atoms with Gasteiger partial charge in [-0.25, -0.2) is 0 Å². The molecule has 0 aromatic rings. The van der Waals surface area contributed by atoms with E-state index in [4.69, 9.17) is 0 Å². The van der Waals surface area contributed by atoms with Gasteiger partial charge >= 0.3 is 0 Å². The lowest BCUT2D eigenvalue weighted by atomic mass is 9.66. The van der Waals surface area contributed by atoms with Crippen molar-refractivity contribution in [3.63, 3.8) is 0 Å². The fraction of sp³-hybridized carbons (Fsp3) is 0.833. The molecule has 2 nitrogen and oxygen atoms in total. The van der Waals surface area contributed by atoms with Crippen LogP contribution in [-0.4, -0.2) is 21.9 Å². The first kappa shape index (κ1) is 10.2. The normalized spacial score (nSPS) is 47.4. The Morgan fingerprint density at radius 1 is 1.50 bits per heavy atom. The van der Waals surface area contributed by atoms with Gasteiger partial charge in [-0.1, -0.05) is 25.5 Å². The highest BCUT2D eigenvalue weighted by molar-refractivity contribution is 5.29. The average molecular weight is 196 g/mol. The van der Waals surface area contributed by atoms with Gasteiger partial charge in [0.25, 0.3) is 0 Å². The van der Waals surface area contributed by atoms with Gasteiger partial charge in [-0.3, -0.25) is 0 Å². The zero-order valence-corrected chi connectivity index (χ0v) is 9.08. The molecule has 2 heteroatoms. The van der Waals surface area contributed by atoms with E-state index in [1.54, 1.807) is 0 Å². The minimum absolute atomic E-state index is 0.0685. The molecule has 0 amide bonds. The Bertz CT molecular complexity index is 271. The molecule has 0 aliphatic heterocycles. The molecule has 14 heavy (non-hydrogen) atoms. The summed E-state index contributed by atoms with van der Waals surface area (Å²) in [5, 5.41) is 20.1. The molecule has 3 unspecified atom stereocenters. The van der Waals surface area contributed by atoms with E-state index in [0.717, 1.165) is 32.1 Å². The second-order valence-corrected chi connectivity index (χ2v) is 5.02. The molecule has 2 aliphatic carbocycles. The van der Waals surface area contributed by atoms with Gasteiger partial charge in [-0.2, -0.15) is 0 Å². The molecular formula is C12H20O2. The Hall–Kier alpha value is -0.340. The van der Waals surface area contributed by atoms with Crippen molar-refractivity contribution in [1.29, 1.82) is 0 Å². The van der Waals surface area contributed by atoms with Gasteiger partial charge in [0.15, 0.2) is 0 Å². The van der Waals surface area contributed by atoms with Crippen molar-refractivity contribution < 1.29 is 10.2 Å². The molecule has 3 atom stereocenters. The van der Waals surface area contributed by atoms with Crippen LogP contribution < -0.4 is 0 Å². The number of hydrogen-bond donors (Lipinski definition) is 2. The first-order valence-electron chi connectivity index (χ1n) is 5.63. The van der Waals surface area contributed by atoms with Crippen LogP contribution in [0.5, 0.6) is 0 Å². The second kappa shape index (κ2) is 3.07. The molecule has 1 fully saturated rings. The van der Waals surface area contributed by atoms with Crippen LogP contribution in [-0.2, 0) is 0 Å². The summed E-state index contributed by atoms with van der Waals surface area (Å²) in [6.07, 6.45) is 6.04. The molecule has 2 aliphatic rings. The third-order valence-corrected chi connectivity index (χ3v) is 4.46. The van der Waals surface area contributed by atoms with Crippen molar-refractivity contribution in [1.82, 2.24) is 0 Å². The van der Waals surface area contributed by atoms with Gasteiger partial charge in [0.05, 0.1) is 11.7 Å². The highest BCUT2D eigenvalue weighted by Crippen LogP contribution is 2.56. The molecule has 0 aromatic heterocycles. The molecule has 1 saturated carbocycles. The summed E-state index contributed by atoms with van der Waals surface area (Å²) in [6.45, 7) is 4.21. The smallest absolute Gasteiger partial charge is 0.0738 e. The standard InChI is InChI=1S/C12H20O2/c1-3-12(14)7-4-9-8-10(13)5-6-11(9,12)2/h8,10,13-14H,3-7H2,1-2H3. The summed E-state index contributed by atoms with van der Waals surface area (Å²) < 4.78 is 0. The monoisotopic (exact) mass is 196 g/mol. The lowest BCUT2D eigenvalue weighted by Gasteiger charge is -2.42. The fourth-order valence-corrected chi connectivity index (χ4v) is 3.17. The fourth-order valence-electron chi connectivity index (χ4n) is 3.17. The van der Waals surface area contributed by atoms with Crippen LogP contribution in [0.15, 0.2) is 11.6 Å². The third-order valence-electron chi connectivity index (χ3n) is 4.46. The predicted molar refractivity (Wildman–Crippen MR) is 55.9 cm³/mol. The van der Waals surface area contributed by atoms with Gasteiger partial charge in [0.1, 0.15) is 0 Å². The van der Waals surface area contributed by atoms with E-state index in [1.807, 2.05) is 6.08 Å². The Labute approximate surface area is 85.6 Å². The Balaban J connectivity index is 2.37. The molecule has 0 radical (unpaired) electrons. The SMILES string of the molecule is CCC1(O)CCC2=CC(O)CCC21C. The van der Waals surface area contributed by atoms with E-state index >= 15 is 0 Å². The summed E-state index contributed by atoms with van der Waals surface area (Å²) in [7, 11) is 0. The summed E-state index contributed by atoms with van der Waals surface area (Å²) in [5.41, 5.74) is 0.681. The van der Waals surface area contributed by atoms with E-state index < -0.39 is 5.60 Å². The maximum Gasteiger partial charge on any atom is 0.0738 e. The van der Waals surface area contributed by atoms with Gasteiger partial charge in [-0.15, -0.1) is 0 Å². The Morgan fingerprint density at radius 2 is 2.21 bits per heavy atom. The quantitative estimate of drug-likeness (QED) is 0.630. The zero-order valence-electron chi connectivity index (χ0n) is 9.08. The lowest BCUT2D eigenvalue weighted by molar-refractivity contribution is -0.0532. The van der Waals surface area contributed by atoms with Gasteiger partial charge in [-0.05, 0) is 32.1 Å². The maximum absolute atomic E-state index is 10.5. The number of aliphatic hydroxyl groups is 2. The van der Waals surface area contributed by atoms with Crippen molar-refractivity contribution in [3.05, 3.63) is 11.6 Å². The van der Waals surface area contributed by atoms with Gasteiger partial charge < -0.3 is 10.2 Å². The van der Waals surface area contributed by atoms with Crippen LogP contribution in [0.4, 0.5) is 0 Å². The minimum Gasteiger partial charge on any atom is -0.389 e. The third kappa shape index (κ3) is 1.17. The topological polar surface area (TPSA) is 40.5 Å². The van der Waals surface area contributed by atoms with Crippen LogP contribution in [0.1, 0.15) is 46.0 Å². The van der Waals surface area contributed by atoms with E-state index in [0.29, 0.717) is 0 Å². The summed E-state index contributed by atoms with van der Waals surface area (Å²) in [5.74, 6) is 0. The van der Waals surface area contributed by atoms with E-state index in [2.05, 4.69) is 13.8 Å². The van der Waals surface area contributed by atoms with Crippen LogP contribution in [0, 0.1) is 5.41 Å². The van der Waals surface area contributed by atoms with Crippen molar-refractivity contribution in [2.24, 2.45) is 5.41 Å². The van der Waals surface area contributed by atoms with Crippen LogP contribution in [0.2, 0.25) is 0 Å². The number of hydrogen-bond acceptors (Lipinski definition) is 2. The van der Waals surface area contributed by atoms with Crippen LogP contribution >= 0.6 is 0 Å². The molecule has 0 heterocycles. The first-order valence-corrected chi connectivity index (χ1v) is 5.63. The highest BCUT2D eigenvalue weighted by atomic mass is 16.3. The summed E-state index contributed by atoms with van der Waals surface area (Å²) >= 11 is 0. The van der Waals surface area contributed by atoms with Crippen LogP contribution in [0.25, 0.3) is 0 Å². The van der Waals surface area contributed by atoms with E-state index in [9.17, 15) is 10.2 Å². The van der Waals surface area contributed by atoms with Crippen molar-refractivity contribution in [2.75, 3.05) is 0 Å². The average Bonchev–Trinajstić information content (AvgIpc) is 2.42. The first-order chi connectivity index (χ1) is 6.52. The van der Waals surface area contributed by atoms with Crippen molar-refractivity contribution >= 4 is 0 Å². The number of rotatable bonds is 1. The highest BCUT2D eigenvalue weighted by Gasteiger charge is 2.53. The molecule has 0 aromatic carbocycles. The van der Waals surface area contributed by atoms with Gasteiger partial charge in [0, 0.05) is 5.41 Å². The lowest BCUT2D eigenvalue weighted by Crippen LogP contribution is -2.44. The molecular weight excluding hydrogens is 176 g/mol. The Kier molecular flexibility index (Phi) is 2.24. The number of fused-ring (bicyclic) bond motifs is 1. The molecule has 0 spiro atoms. The minimum atomic E-state index is -0.529. The summed E-state index contributed by atoms with van der Waals surface area (Å²) in [4.78, 5) is 0. The largest absolute Gasteiger partial charge is 0.389 e. The van der Waals surface area contributed by atoms with Crippen LogP contribution in [0.3, 0.4) is 0 Å². The molecule has 2 rings (SSSR count). The number of aliphatic hydroxyl groups excluding tert-OH is 1. The molecule has 0 bridgehead atoms. The molecule has 0 saturated heterocycles. The van der Waals surface area contributed by atoms with E-state index in [-0.39, 0.29) is 11.5 Å². The molecule has 80 valence electrons. The van der Waals surface area contributed by atoms with Crippen molar-refractivity contribution in [2.45, 2.75) is 57.7 Å². The van der Waals surface area contributed by atoms with Crippen molar-refractivity contribution in [3.8, 4) is 0 Å². The Morgan fingerprint density at radius 3 is 2.86 bits per heavy atom. The second-order valence-electron chi connectivity index (χ2n) is 5.02. The maximum atomic E-state index is 10.5. The zero-order chi connectivity index (χ0) is 10.4. The molecule has 2 N–H and O–H groups in total. The summed E-state index contributed by atoms with van der Waals surface area (Å²) in [6, 6.07) is 0. The van der Waals surface area contributed by atoms with E-state index in [1.165, 1.54) is 5.57 Å². The van der Waals surface area contributed by atoms with Gasteiger partial charge in [0.2, 0.25) is 0 Å².